The van der Waals surface area contributed by atoms with E-state index in [0.29, 0.717) is 12.6 Å². The SMILES string of the molecule is CN=C(NCC(C)N1CCN(c2ccccc2)CC1)NC1CCc2nc(COC)nn2C1.I. The molecule has 2 N–H and O–H groups in total. The smallest absolute Gasteiger partial charge is 0.191 e. The molecular formula is C23H37IN8O. The number of anilines is 1. The van der Waals surface area contributed by atoms with Crippen LogP contribution in [0, 0.1) is 0 Å². The first kappa shape index (κ1) is 25.7. The zero-order chi connectivity index (χ0) is 22.3. The van der Waals surface area contributed by atoms with E-state index in [9.17, 15) is 0 Å². The molecule has 2 aromatic rings. The minimum absolute atomic E-state index is 0. The highest BCUT2D eigenvalue weighted by molar-refractivity contribution is 14.0. The van der Waals surface area contributed by atoms with E-state index in [1.54, 1.807) is 7.11 Å². The van der Waals surface area contributed by atoms with Crippen LogP contribution in [-0.4, -0.2) is 84.6 Å². The van der Waals surface area contributed by atoms with Crippen molar-refractivity contribution in [1.29, 1.82) is 0 Å². The summed E-state index contributed by atoms with van der Waals surface area (Å²) in [7, 11) is 3.50. The Hall–Kier alpha value is -1.92. The number of nitrogens with one attached hydrogen (secondary N) is 2. The lowest BCUT2D eigenvalue weighted by molar-refractivity contribution is 0.177. The Morgan fingerprint density at radius 2 is 1.97 bits per heavy atom. The Labute approximate surface area is 214 Å². The van der Waals surface area contributed by atoms with Crippen LogP contribution in [0.5, 0.6) is 0 Å². The van der Waals surface area contributed by atoms with E-state index in [1.807, 2.05) is 11.7 Å². The first-order valence-electron chi connectivity index (χ1n) is 11.6. The van der Waals surface area contributed by atoms with Crippen LogP contribution in [0.1, 0.15) is 25.0 Å². The van der Waals surface area contributed by atoms with Gasteiger partial charge in [-0.2, -0.15) is 5.10 Å². The predicted octanol–water partition coefficient (Wildman–Crippen LogP) is 1.73. The van der Waals surface area contributed by atoms with Crippen LogP contribution in [0.15, 0.2) is 35.3 Å². The Bertz CT molecular complexity index is 882. The molecule has 0 radical (unpaired) electrons. The average molecular weight is 569 g/mol. The number of aryl methyl sites for hydroxylation is 1. The molecule has 1 fully saturated rings. The number of ether oxygens (including phenoxy) is 1. The molecule has 4 rings (SSSR count). The number of aromatic nitrogens is 3. The maximum absolute atomic E-state index is 5.16. The predicted molar refractivity (Wildman–Crippen MR) is 142 cm³/mol. The highest BCUT2D eigenvalue weighted by Crippen LogP contribution is 2.17. The van der Waals surface area contributed by atoms with E-state index >= 15 is 0 Å². The van der Waals surface area contributed by atoms with Gasteiger partial charge in [0.25, 0.3) is 0 Å². The number of aliphatic imine (C=N–C) groups is 1. The number of fused-ring (bicyclic) bond motifs is 1. The molecule has 10 heteroatoms. The third-order valence-corrected chi connectivity index (χ3v) is 6.36. The van der Waals surface area contributed by atoms with Gasteiger partial charge in [-0.05, 0) is 25.5 Å². The molecular weight excluding hydrogens is 531 g/mol. The van der Waals surface area contributed by atoms with Crippen LogP contribution in [-0.2, 0) is 24.3 Å². The standard InChI is InChI=1S/C23H36N8O.HI/c1-18(29-11-13-30(14-12-29)20-7-5-4-6-8-20)15-25-23(24-2)26-19-9-10-22-27-21(17-32-3)28-31(22)16-19;/h4-8,18-19H,9-17H2,1-3H3,(H2,24,25,26);1H. The lowest BCUT2D eigenvalue weighted by Gasteiger charge is -2.39. The second-order valence-corrected chi connectivity index (χ2v) is 8.60. The Morgan fingerprint density at radius 3 is 2.67 bits per heavy atom. The Balaban J connectivity index is 0.00000306. The molecule has 2 atom stereocenters. The van der Waals surface area contributed by atoms with Gasteiger partial charge < -0.3 is 20.3 Å². The number of hydrogen-bond donors (Lipinski definition) is 2. The summed E-state index contributed by atoms with van der Waals surface area (Å²) >= 11 is 0. The van der Waals surface area contributed by atoms with Crippen molar-refractivity contribution in [3.8, 4) is 0 Å². The van der Waals surface area contributed by atoms with E-state index in [2.05, 4.69) is 72.8 Å². The largest absolute Gasteiger partial charge is 0.377 e. The van der Waals surface area contributed by atoms with Gasteiger partial charge >= 0.3 is 0 Å². The second-order valence-electron chi connectivity index (χ2n) is 8.60. The summed E-state index contributed by atoms with van der Waals surface area (Å²) in [5.41, 5.74) is 1.32. The lowest BCUT2D eigenvalue weighted by Crippen LogP contribution is -2.54. The van der Waals surface area contributed by atoms with Gasteiger partial charge in [0.2, 0.25) is 0 Å². The lowest BCUT2D eigenvalue weighted by atomic mass is 10.1. The number of piperazine rings is 1. The van der Waals surface area contributed by atoms with Crippen LogP contribution < -0.4 is 15.5 Å². The molecule has 2 aliphatic heterocycles. The number of para-hydroxylation sites is 1. The van der Waals surface area contributed by atoms with Crippen molar-refractivity contribution in [3.63, 3.8) is 0 Å². The fourth-order valence-corrected chi connectivity index (χ4v) is 4.49. The summed E-state index contributed by atoms with van der Waals surface area (Å²) in [5.74, 6) is 2.65. The normalized spacial score (nSPS) is 20.0. The summed E-state index contributed by atoms with van der Waals surface area (Å²) in [6.07, 6.45) is 1.93. The Kier molecular flexibility index (Phi) is 9.75. The van der Waals surface area contributed by atoms with Crippen LogP contribution >= 0.6 is 24.0 Å². The van der Waals surface area contributed by atoms with E-state index in [-0.39, 0.29) is 30.0 Å². The van der Waals surface area contributed by atoms with Gasteiger partial charge in [0.1, 0.15) is 12.4 Å². The highest BCUT2D eigenvalue weighted by Gasteiger charge is 2.24. The van der Waals surface area contributed by atoms with Gasteiger partial charge in [-0.3, -0.25) is 9.89 Å². The molecule has 1 saturated heterocycles. The molecule has 0 bridgehead atoms. The molecule has 0 amide bonds. The molecule has 2 aliphatic rings. The number of nitrogens with zero attached hydrogens (tertiary/aromatic N) is 6. The van der Waals surface area contributed by atoms with Crippen LogP contribution in [0.25, 0.3) is 0 Å². The number of methoxy groups -OCH3 is 1. The number of hydrogen-bond acceptors (Lipinski definition) is 6. The fraction of sp³-hybridized carbons (Fsp3) is 0.609. The van der Waals surface area contributed by atoms with E-state index in [1.165, 1.54) is 5.69 Å². The quantitative estimate of drug-likeness (QED) is 0.299. The van der Waals surface area contributed by atoms with Crippen LogP contribution in [0.2, 0.25) is 0 Å². The van der Waals surface area contributed by atoms with Crippen molar-refractivity contribution < 1.29 is 4.74 Å². The van der Waals surface area contributed by atoms with Crippen molar-refractivity contribution in [2.45, 2.75) is 45.0 Å². The van der Waals surface area contributed by atoms with E-state index in [4.69, 9.17) is 4.74 Å². The highest BCUT2D eigenvalue weighted by atomic mass is 127. The number of halogens is 1. The minimum Gasteiger partial charge on any atom is -0.377 e. The molecule has 3 heterocycles. The monoisotopic (exact) mass is 568 g/mol. The van der Waals surface area contributed by atoms with E-state index < -0.39 is 0 Å². The fourth-order valence-electron chi connectivity index (χ4n) is 4.49. The summed E-state index contributed by atoms with van der Waals surface area (Å²) in [4.78, 5) is 14.0. The summed E-state index contributed by atoms with van der Waals surface area (Å²) < 4.78 is 7.16. The van der Waals surface area contributed by atoms with Crippen molar-refractivity contribution in [3.05, 3.63) is 42.0 Å². The van der Waals surface area contributed by atoms with Crippen LogP contribution in [0.3, 0.4) is 0 Å². The summed E-state index contributed by atoms with van der Waals surface area (Å²) in [6.45, 7) is 8.69. The number of benzene rings is 1. The maximum atomic E-state index is 5.16. The van der Waals surface area contributed by atoms with Crippen molar-refractivity contribution >= 4 is 35.6 Å². The maximum Gasteiger partial charge on any atom is 0.191 e. The van der Waals surface area contributed by atoms with Crippen LogP contribution in [0.4, 0.5) is 5.69 Å². The van der Waals surface area contributed by atoms with Gasteiger partial charge in [0.05, 0.1) is 6.54 Å². The molecule has 1 aromatic heterocycles. The topological polar surface area (TPSA) is 82.8 Å². The van der Waals surface area contributed by atoms with Gasteiger partial charge in [0.15, 0.2) is 11.8 Å². The molecule has 0 aliphatic carbocycles. The van der Waals surface area contributed by atoms with Crippen molar-refractivity contribution in [2.75, 3.05) is 51.8 Å². The molecule has 33 heavy (non-hydrogen) atoms. The molecule has 9 nitrogen and oxygen atoms in total. The summed E-state index contributed by atoms with van der Waals surface area (Å²) in [6, 6.07) is 11.4. The first-order chi connectivity index (χ1) is 15.7. The Morgan fingerprint density at radius 1 is 1.21 bits per heavy atom. The van der Waals surface area contributed by atoms with Crippen molar-refractivity contribution in [1.82, 2.24) is 30.3 Å². The van der Waals surface area contributed by atoms with E-state index in [0.717, 1.165) is 69.7 Å². The second kappa shape index (κ2) is 12.5. The van der Waals surface area contributed by atoms with Gasteiger partial charge in [0, 0.05) is 71.1 Å². The third kappa shape index (κ3) is 6.80. The molecule has 1 aromatic carbocycles. The molecule has 2 unspecified atom stereocenters. The summed E-state index contributed by atoms with van der Waals surface area (Å²) in [5, 5.41) is 11.6. The van der Waals surface area contributed by atoms with Gasteiger partial charge in [-0.25, -0.2) is 9.67 Å². The third-order valence-electron chi connectivity index (χ3n) is 6.36. The van der Waals surface area contributed by atoms with Gasteiger partial charge in [-0.1, -0.05) is 18.2 Å². The minimum atomic E-state index is 0. The average Bonchev–Trinajstić information content (AvgIpc) is 3.24. The molecule has 0 spiro atoms. The molecule has 0 saturated carbocycles. The zero-order valence-electron chi connectivity index (χ0n) is 19.9. The molecule has 182 valence electrons. The zero-order valence-corrected chi connectivity index (χ0v) is 22.2. The number of guanidine groups is 1. The van der Waals surface area contributed by atoms with Crippen molar-refractivity contribution in [2.24, 2.45) is 4.99 Å². The van der Waals surface area contributed by atoms with Gasteiger partial charge in [-0.15, -0.1) is 24.0 Å². The first-order valence-corrected chi connectivity index (χ1v) is 11.6. The number of rotatable bonds is 7.